The Morgan fingerprint density at radius 2 is 1.65 bits per heavy atom. The quantitative estimate of drug-likeness (QED) is 0.233. The Bertz CT molecular complexity index is 877. The van der Waals surface area contributed by atoms with E-state index >= 15 is 0 Å². The smallest absolute Gasteiger partial charge is 0.422 e. The summed E-state index contributed by atoms with van der Waals surface area (Å²) in [5.74, 6) is 0.826. The Hall–Kier alpha value is -2.43. The van der Waals surface area contributed by atoms with E-state index in [4.69, 9.17) is 4.74 Å². The molecule has 0 spiro atoms. The highest BCUT2D eigenvalue weighted by Crippen LogP contribution is 2.19. The molecule has 2 aromatic carbocycles. The van der Waals surface area contributed by atoms with Crippen molar-refractivity contribution in [1.29, 1.82) is 0 Å². The van der Waals surface area contributed by atoms with Crippen molar-refractivity contribution in [2.45, 2.75) is 19.3 Å². The van der Waals surface area contributed by atoms with Crippen LogP contribution in [0.2, 0.25) is 0 Å². The average molecular weight is 546 g/mol. The molecule has 3 rings (SSSR count). The van der Waals surface area contributed by atoms with Gasteiger partial charge in [0, 0.05) is 38.9 Å². The Labute approximate surface area is 197 Å². The van der Waals surface area contributed by atoms with Crippen LogP contribution in [0.4, 0.5) is 18.9 Å². The fourth-order valence-electron chi connectivity index (χ4n) is 3.01. The topological polar surface area (TPSA) is 48.9 Å². The second-order valence-electron chi connectivity index (χ2n) is 6.87. The van der Waals surface area contributed by atoms with Crippen molar-refractivity contribution in [1.82, 2.24) is 10.6 Å². The number of alkyl halides is 3. The zero-order chi connectivity index (χ0) is 21.4. The van der Waals surface area contributed by atoms with Crippen LogP contribution in [0.1, 0.15) is 11.1 Å². The molecule has 0 fully saturated rings. The number of nitrogens with zero attached hydrogens (tertiary/aromatic N) is 2. The van der Waals surface area contributed by atoms with Gasteiger partial charge in [0.25, 0.3) is 0 Å². The molecule has 0 atom stereocenters. The maximum Gasteiger partial charge on any atom is 0.422 e. The summed E-state index contributed by atoms with van der Waals surface area (Å²) in [4.78, 5) is 6.51. The first kappa shape index (κ1) is 24.8. The molecule has 0 aromatic heterocycles. The lowest BCUT2D eigenvalue weighted by Crippen LogP contribution is -2.36. The van der Waals surface area contributed by atoms with Gasteiger partial charge in [-0.05, 0) is 35.4 Å². The fraction of sp³-hybridized carbons (Fsp3) is 0.318. The molecule has 2 N–H and O–H groups in total. The van der Waals surface area contributed by atoms with Crippen molar-refractivity contribution in [2.24, 2.45) is 4.99 Å². The van der Waals surface area contributed by atoms with Gasteiger partial charge in [-0.1, -0.05) is 36.4 Å². The van der Waals surface area contributed by atoms with Crippen LogP contribution in [0, 0.1) is 0 Å². The SMILES string of the molecule is CN=C(NCc1ccc(OCC(F)(F)F)cc1)NCc1cccc(N2CC=CC2)c1.I. The number of guanidine groups is 1. The summed E-state index contributed by atoms with van der Waals surface area (Å²) in [6, 6.07) is 14.9. The molecule has 0 saturated heterocycles. The van der Waals surface area contributed by atoms with Gasteiger partial charge in [-0.2, -0.15) is 13.2 Å². The largest absolute Gasteiger partial charge is 0.484 e. The van der Waals surface area contributed by atoms with Gasteiger partial charge in [-0.15, -0.1) is 24.0 Å². The van der Waals surface area contributed by atoms with Gasteiger partial charge in [0.15, 0.2) is 12.6 Å². The van der Waals surface area contributed by atoms with Gasteiger partial charge in [0.05, 0.1) is 0 Å². The van der Waals surface area contributed by atoms with Gasteiger partial charge in [-0.25, -0.2) is 0 Å². The Balaban J connectivity index is 0.00000341. The molecule has 168 valence electrons. The lowest BCUT2D eigenvalue weighted by atomic mass is 10.2. The predicted molar refractivity (Wildman–Crippen MR) is 128 cm³/mol. The third-order valence-corrected chi connectivity index (χ3v) is 4.56. The molecule has 31 heavy (non-hydrogen) atoms. The molecule has 1 aliphatic rings. The molecule has 9 heteroatoms. The van der Waals surface area contributed by atoms with E-state index in [2.05, 4.69) is 50.9 Å². The van der Waals surface area contributed by atoms with E-state index in [1.807, 2.05) is 6.07 Å². The third kappa shape index (κ3) is 8.31. The Morgan fingerprint density at radius 3 is 2.26 bits per heavy atom. The second kappa shape index (κ2) is 11.8. The van der Waals surface area contributed by atoms with Crippen LogP contribution < -0.4 is 20.3 Å². The average Bonchev–Trinajstić information content (AvgIpc) is 3.28. The van der Waals surface area contributed by atoms with Crippen molar-refractivity contribution in [3.63, 3.8) is 0 Å². The standard InChI is InChI=1S/C22H25F3N4O.HI/c1-26-21(27-14-17-7-9-20(10-8-17)30-16-22(23,24)25)28-15-18-5-4-6-19(13-18)29-11-2-3-12-29;/h2-10,13H,11-12,14-16H2,1H3,(H2,26,27,28);1H. The summed E-state index contributed by atoms with van der Waals surface area (Å²) in [6.45, 7) is 1.68. The normalized spacial score (nSPS) is 13.7. The minimum absolute atomic E-state index is 0. The fourth-order valence-corrected chi connectivity index (χ4v) is 3.01. The first-order chi connectivity index (χ1) is 14.4. The number of aliphatic imine (C=N–C) groups is 1. The highest BCUT2D eigenvalue weighted by Gasteiger charge is 2.28. The molecule has 0 amide bonds. The molecule has 0 radical (unpaired) electrons. The molecule has 1 aliphatic heterocycles. The predicted octanol–water partition coefficient (Wildman–Crippen LogP) is 4.49. The summed E-state index contributed by atoms with van der Waals surface area (Å²) in [7, 11) is 1.69. The summed E-state index contributed by atoms with van der Waals surface area (Å²) in [6.07, 6.45) is -0.0272. The molecule has 0 aliphatic carbocycles. The molecular formula is C22H26F3IN4O. The monoisotopic (exact) mass is 546 g/mol. The number of benzene rings is 2. The van der Waals surface area contributed by atoms with Gasteiger partial charge >= 0.3 is 6.18 Å². The highest BCUT2D eigenvalue weighted by molar-refractivity contribution is 14.0. The van der Waals surface area contributed by atoms with Crippen LogP contribution >= 0.6 is 24.0 Å². The molecule has 0 unspecified atom stereocenters. The molecule has 0 saturated carbocycles. The van der Waals surface area contributed by atoms with Crippen molar-refractivity contribution in [3.8, 4) is 5.75 Å². The summed E-state index contributed by atoms with van der Waals surface area (Å²) >= 11 is 0. The van der Waals surface area contributed by atoms with Crippen molar-refractivity contribution in [2.75, 3.05) is 31.6 Å². The first-order valence-corrected chi connectivity index (χ1v) is 9.65. The van der Waals surface area contributed by atoms with Gasteiger partial charge < -0.3 is 20.3 Å². The Kier molecular flexibility index (Phi) is 9.47. The summed E-state index contributed by atoms with van der Waals surface area (Å²) in [5, 5.41) is 6.48. The molecular weight excluding hydrogens is 520 g/mol. The molecule has 1 heterocycles. The first-order valence-electron chi connectivity index (χ1n) is 9.65. The molecule has 2 aromatic rings. The number of rotatable bonds is 7. The number of ether oxygens (including phenoxy) is 1. The number of anilines is 1. The van der Waals surface area contributed by atoms with Crippen molar-refractivity contribution >= 4 is 35.6 Å². The van der Waals surface area contributed by atoms with Crippen LogP contribution in [0.25, 0.3) is 0 Å². The van der Waals surface area contributed by atoms with Crippen molar-refractivity contribution in [3.05, 3.63) is 71.8 Å². The molecule has 0 bridgehead atoms. The van der Waals surface area contributed by atoms with Crippen LogP contribution in [-0.4, -0.2) is 38.9 Å². The lowest BCUT2D eigenvalue weighted by Gasteiger charge is -2.19. The van der Waals surface area contributed by atoms with E-state index < -0.39 is 12.8 Å². The number of nitrogens with one attached hydrogen (secondary N) is 2. The second-order valence-corrected chi connectivity index (χ2v) is 6.87. The highest BCUT2D eigenvalue weighted by atomic mass is 127. The Morgan fingerprint density at radius 1 is 1.00 bits per heavy atom. The van der Waals surface area contributed by atoms with E-state index in [1.165, 1.54) is 17.8 Å². The number of hydrogen-bond acceptors (Lipinski definition) is 3. The maximum absolute atomic E-state index is 12.2. The van der Waals surface area contributed by atoms with Crippen LogP contribution in [0.5, 0.6) is 5.75 Å². The number of hydrogen-bond donors (Lipinski definition) is 2. The number of halogens is 4. The lowest BCUT2D eigenvalue weighted by molar-refractivity contribution is -0.153. The van der Waals surface area contributed by atoms with Crippen LogP contribution in [0.3, 0.4) is 0 Å². The van der Waals surface area contributed by atoms with Gasteiger partial charge in [0.2, 0.25) is 0 Å². The molecule has 5 nitrogen and oxygen atoms in total. The van der Waals surface area contributed by atoms with E-state index in [1.54, 1.807) is 19.2 Å². The van der Waals surface area contributed by atoms with Crippen molar-refractivity contribution < 1.29 is 17.9 Å². The minimum Gasteiger partial charge on any atom is -0.484 e. The van der Waals surface area contributed by atoms with Gasteiger partial charge in [0.1, 0.15) is 5.75 Å². The van der Waals surface area contributed by atoms with E-state index in [0.717, 1.165) is 24.2 Å². The zero-order valence-corrected chi connectivity index (χ0v) is 19.5. The summed E-state index contributed by atoms with van der Waals surface area (Å²) < 4.78 is 41.3. The van der Waals surface area contributed by atoms with Gasteiger partial charge in [-0.3, -0.25) is 4.99 Å². The van der Waals surface area contributed by atoms with E-state index in [0.29, 0.717) is 19.0 Å². The third-order valence-electron chi connectivity index (χ3n) is 4.56. The van der Waals surface area contributed by atoms with Crippen LogP contribution in [0.15, 0.2) is 65.7 Å². The minimum atomic E-state index is -4.34. The maximum atomic E-state index is 12.2. The van der Waals surface area contributed by atoms with E-state index in [-0.39, 0.29) is 29.7 Å². The van der Waals surface area contributed by atoms with Crippen LogP contribution in [-0.2, 0) is 13.1 Å². The van der Waals surface area contributed by atoms with E-state index in [9.17, 15) is 13.2 Å². The zero-order valence-electron chi connectivity index (χ0n) is 17.2. The summed E-state index contributed by atoms with van der Waals surface area (Å²) in [5.41, 5.74) is 3.24.